The van der Waals surface area contributed by atoms with E-state index in [0.29, 0.717) is 67.4 Å². The van der Waals surface area contributed by atoms with Crippen molar-refractivity contribution in [3.8, 4) is 5.82 Å². The van der Waals surface area contributed by atoms with Crippen molar-refractivity contribution < 1.29 is 18.6 Å². The summed E-state index contributed by atoms with van der Waals surface area (Å²) >= 11 is 0. The van der Waals surface area contributed by atoms with Crippen molar-refractivity contribution in [3.63, 3.8) is 0 Å². The van der Waals surface area contributed by atoms with Crippen LogP contribution in [0.25, 0.3) is 16.9 Å². The van der Waals surface area contributed by atoms with Crippen LogP contribution in [0, 0.1) is 5.92 Å². The monoisotopic (exact) mass is 531 g/mol. The first-order valence-corrected chi connectivity index (χ1v) is 13.6. The summed E-state index contributed by atoms with van der Waals surface area (Å²) in [5, 5.41) is 11.9. The number of benzene rings is 1. The molecular formula is C27H39F2N7O2. The van der Waals surface area contributed by atoms with E-state index in [4.69, 9.17) is 20.6 Å². The van der Waals surface area contributed by atoms with E-state index in [0.717, 1.165) is 13.0 Å². The van der Waals surface area contributed by atoms with Gasteiger partial charge < -0.3 is 25.8 Å². The van der Waals surface area contributed by atoms with Crippen LogP contribution in [0.2, 0.25) is 0 Å². The number of para-hydroxylation sites is 2. The zero-order valence-electron chi connectivity index (χ0n) is 22.0. The van der Waals surface area contributed by atoms with Crippen LogP contribution in [0.15, 0.2) is 30.3 Å². The number of ether oxygens (including phenoxy) is 1. The third-order valence-corrected chi connectivity index (χ3v) is 7.06. The van der Waals surface area contributed by atoms with Gasteiger partial charge in [0.2, 0.25) is 5.95 Å². The Hall–Kier alpha value is -2.89. The molecule has 2 fully saturated rings. The number of rotatable bonds is 8. The van der Waals surface area contributed by atoms with Crippen molar-refractivity contribution in [1.29, 1.82) is 0 Å². The fraction of sp³-hybridized carbons (Fsp3) is 0.593. The number of nitrogens with one attached hydrogen (secondary N) is 1. The molecule has 1 saturated heterocycles. The van der Waals surface area contributed by atoms with Crippen LogP contribution >= 0.6 is 0 Å². The van der Waals surface area contributed by atoms with Crippen molar-refractivity contribution in [1.82, 2.24) is 19.5 Å². The minimum Gasteiger partial charge on any atom is -0.392 e. The first-order valence-electron chi connectivity index (χ1n) is 13.6. The second kappa shape index (κ2) is 13.8. The molecule has 1 atom stereocenters. The van der Waals surface area contributed by atoms with Gasteiger partial charge in [0.25, 0.3) is 6.43 Å². The maximum absolute atomic E-state index is 13.9. The molecule has 3 aromatic rings. The number of aromatic nitrogens is 4. The fourth-order valence-corrected chi connectivity index (χ4v) is 4.80. The van der Waals surface area contributed by atoms with E-state index in [1.165, 1.54) is 36.7 Å². The molecule has 2 aliphatic rings. The molecule has 208 valence electrons. The number of nitrogens with zero attached hydrogens (tertiary/aromatic N) is 5. The van der Waals surface area contributed by atoms with E-state index in [-0.39, 0.29) is 11.9 Å². The number of fused-ring (bicyclic) bond motifs is 1. The summed E-state index contributed by atoms with van der Waals surface area (Å²) in [6.07, 6.45) is 3.96. The van der Waals surface area contributed by atoms with E-state index in [2.05, 4.69) is 20.2 Å². The quantitative estimate of drug-likeness (QED) is 0.394. The van der Waals surface area contributed by atoms with Crippen LogP contribution in [0.4, 0.5) is 20.5 Å². The van der Waals surface area contributed by atoms with Crippen molar-refractivity contribution >= 4 is 22.8 Å². The van der Waals surface area contributed by atoms with Crippen molar-refractivity contribution in [3.05, 3.63) is 36.2 Å². The molecule has 1 unspecified atom stereocenters. The molecule has 0 radical (unpaired) electrons. The second-order valence-electron chi connectivity index (χ2n) is 9.78. The Morgan fingerprint density at radius 2 is 1.79 bits per heavy atom. The molecule has 1 saturated carbocycles. The molecule has 11 heteroatoms. The number of morpholine rings is 1. The number of aliphatic hydroxyl groups is 1. The lowest BCUT2D eigenvalue weighted by Crippen LogP contribution is -2.37. The van der Waals surface area contributed by atoms with E-state index in [1.807, 2.05) is 13.0 Å². The summed E-state index contributed by atoms with van der Waals surface area (Å²) in [4.78, 5) is 15.7. The van der Waals surface area contributed by atoms with Gasteiger partial charge in [-0.05, 0) is 37.3 Å². The molecule has 4 N–H and O–H groups in total. The highest BCUT2D eigenvalue weighted by Gasteiger charge is 2.23. The smallest absolute Gasteiger partial charge is 0.296 e. The summed E-state index contributed by atoms with van der Waals surface area (Å²) in [6.45, 7) is 5.70. The largest absolute Gasteiger partial charge is 0.392 e. The Balaban J connectivity index is 0.000000505. The zero-order valence-corrected chi connectivity index (χ0v) is 22.0. The number of anilines is 2. The Bertz CT molecular complexity index is 1140. The van der Waals surface area contributed by atoms with Gasteiger partial charge in [-0.25, -0.2) is 13.8 Å². The molecule has 38 heavy (non-hydrogen) atoms. The van der Waals surface area contributed by atoms with Gasteiger partial charge in [-0.15, -0.1) is 0 Å². The van der Waals surface area contributed by atoms with E-state index in [9.17, 15) is 8.78 Å². The van der Waals surface area contributed by atoms with Gasteiger partial charge in [0.05, 0.1) is 30.4 Å². The van der Waals surface area contributed by atoms with Gasteiger partial charge >= 0.3 is 0 Å². The molecule has 2 aromatic heterocycles. The topological polar surface area (TPSA) is 114 Å². The van der Waals surface area contributed by atoms with Crippen LogP contribution in [0.3, 0.4) is 0 Å². The first kappa shape index (κ1) is 28.1. The minimum absolute atomic E-state index is 0.287. The Kier molecular flexibility index (Phi) is 10.2. The van der Waals surface area contributed by atoms with E-state index >= 15 is 0 Å². The number of imidazole rings is 1. The Labute approximate surface area is 222 Å². The molecule has 5 rings (SSSR count). The lowest BCUT2D eigenvalue weighted by Gasteiger charge is -2.28. The van der Waals surface area contributed by atoms with Crippen LogP contribution in [0.1, 0.15) is 57.7 Å². The number of nitrogens with two attached hydrogens (primary N) is 1. The number of hydrogen-bond acceptors (Lipinski definition) is 8. The highest BCUT2D eigenvalue weighted by atomic mass is 19.3. The third-order valence-electron chi connectivity index (χ3n) is 7.06. The normalized spacial score (nSPS) is 17.4. The molecule has 0 spiro atoms. The van der Waals surface area contributed by atoms with Crippen molar-refractivity contribution in [2.45, 2.75) is 58.0 Å². The summed E-state index contributed by atoms with van der Waals surface area (Å²) in [7, 11) is 0. The summed E-state index contributed by atoms with van der Waals surface area (Å²) in [5.41, 5.74) is 6.16. The average molecular weight is 532 g/mol. The number of hydrogen-bond donors (Lipinski definition) is 3. The lowest BCUT2D eigenvalue weighted by atomic mass is 9.89. The molecule has 3 heterocycles. The maximum Gasteiger partial charge on any atom is 0.296 e. The number of halogens is 2. The molecular weight excluding hydrogens is 492 g/mol. The van der Waals surface area contributed by atoms with Crippen LogP contribution < -0.4 is 16.0 Å². The summed E-state index contributed by atoms with van der Waals surface area (Å²) in [5.74, 6) is 1.86. The van der Waals surface area contributed by atoms with Gasteiger partial charge in [-0.3, -0.25) is 4.57 Å². The number of alkyl halides is 2. The molecule has 0 amide bonds. The molecule has 1 aromatic carbocycles. The van der Waals surface area contributed by atoms with Gasteiger partial charge in [0, 0.05) is 32.2 Å². The van der Waals surface area contributed by atoms with E-state index < -0.39 is 6.43 Å². The molecule has 1 aliphatic heterocycles. The van der Waals surface area contributed by atoms with Gasteiger partial charge in [0.1, 0.15) is 11.6 Å². The molecule has 9 nitrogen and oxygen atoms in total. The third kappa shape index (κ3) is 7.15. The zero-order chi connectivity index (χ0) is 26.9. The summed E-state index contributed by atoms with van der Waals surface area (Å²) in [6, 6.07) is 8.92. The van der Waals surface area contributed by atoms with Crippen molar-refractivity contribution in [2.75, 3.05) is 49.6 Å². The molecule has 1 aliphatic carbocycles. The minimum atomic E-state index is -2.72. The summed E-state index contributed by atoms with van der Waals surface area (Å²) < 4.78 is 34.8. The van der Waals surface area contributed by atoms with Crippen LogP contribution in [-0.2, 0) is 4.74 Å². The SMILES string of the molecule is CCC(O)CN.FC(F)c1nc2ccccc2n1-c1cc(N2CCOCC2)nc(NCC2CCCCC2)n1. The fourth-order valence-electron chi connectivity index (χ4n) is 4.80. The predicted molar refractivity (Wildman–Crippen MR) is 145 cm³/mol. The Morgan fingerprint density at radius 1 is 1.08 bits per heavy atom. The van der Waals surface area contributed by atoms with Crippen LogP contribution in [0.5, 0.6) is 0 Å². The lowest BCUT2D eigenvalue weighted by molar-refractivity contribution is 0.122. The van der Waals surface area contributed by atoms with Crippen molar-refractivity contribution in [2.24, 2.45) is 11.7 Å². The first-order chi connectivity index (χ1) is 18.5. The standard InChI is InChI=1S/C23H28F2N6O.C4H11NO/c24-21(25)22-27-17-8-4-5-9-18(17)31(22)20-14-19(30-10-12-32-13-11-30)28-23(29-20)26-15-16-6-2-1-3-7-16;1-2-4(6)3-5/h4-5,8-9,14,16,21H,1-3,6-7,10-13,15H2,(H,26,28,29);4,6H,2-3,5H2,1H3. The average Bonchev–Trinajstić information content (AvgIpc) is 3.37. The highest BCUT2D eigenvalue weighted by molar-refractivity contribution is 5.78. The van der Waals surface area contributed by atoms with Gasteiger partial charge in [-0.1, -0.05) is 38.3 Å². The van der Waals surface area contributed by atoms with Gasteiger partial charge in [0.15, 0.2) is 5.82 Å². The maximum atomic E-state index is 13.9. The van der Waals surface area contributed by atoms with Gasteiger partial charge in [-0.2, -0.15) is 9.97 Å². The predicted octanol–water partition coefficient (Wildman–Crippen LogP) is 4.30. The second-order valence-corrected chi connectivity index (χ2v) is 9.78. The van der Waals surface area contributed by atoms with E-state index in [1.54, 1.807) is 24.3 Å². The van der Waals surface area contributed by atoms with Crippen LogP contribution in [-0.4, -0.2) is 70.1 Å². The number of aliphatic hydroxyl groups excluding tert-OH is 1. The molecule has 0 bridgehead atoms. The Morgan fingerprint density at radius 3 is 2.45 bits per heavy atom. The highest BCUT2D eigenvalue weighted by Crippen LogP contribution is 2.30.